The summed E-state index contributed by atoms with van der Waals surface area (Å²) in [7, 11) is 1.57. The number of aromatic nitrogens is 1. The Kier molecular flexibility index (Phi) is 6.15. The summed E-state index contributed by atoms with van der Waals surface area (Å²) in [5.41, 5.74) is 5.51. The van der Waals surface area contributed by atoms with Crippen molar-refractivity contribution in [2.75, 3.05) is 7.05 Å². The van der Waals surface area contributed by atoms with Gasteiger partial charge in [0.1, 0.15) is 11.3 Å². The van der Waals surface area contributed by atoms with Crippen molar-refractivity contribution in [1.82, 2.24) is 10.3 Å². The monoisotopic (exact) mass is 500 g/mol. The number of H-pyrrole nitrogens is 1. The van der Waals surface area contributed by atoms with Crippen molar-refractivity contribution in [3.05, 3.63) is 83.6 Å². The number of benzene rings is 3. The van der Waals surface area contributed by atoms with Crippen molar-refractivity contribution in [3.63, 3.8) is 0 Å². The minimum absolute atomic E-state index is 0.244. The number of rotatable bonds is 7. The first-order valence-corrected chi connectivity index (χ1v) is 12.0. The molecule has 0 aliphatic rings. The lowest BCUT2D eigenvalue weighted by Crippen LogP contribution is -2.18. The summed E-state index contributed by atoms with van der Waals surface area (Å²) in [5, 5.41) is 4.15. The predicted molar refractivity (Wildman–Crippen MR) is 141 cm³/mol. The maximum atomic E-state index is 13.3. The van der Waals surface area contributed by atoms with Gasteiger partial charge in [-0.15, -0.1) is 0 Å². The SMILES string of the molecule is CNC(=O)c1c(-c2ccc(C)cc2)oc2c1cc(-c1cccc(C(=O)CCC(C)(F)F)c1)c1[nH]ccc12. The number of fused-ring (bicyclic) bond motifs is 3. The predicted octanol–water partition coefficient (Wildman–Crippen LogP) is 7.53. The van der Waals surface area contributed by atoms with Gasteiger partial charge < -0.3 is 14.7 Å². The van der Waals surface area contributed by atoms with Gasteiger partial charge in [-0.25, -0.2) is 8.78 Å². The number of halogens is 2. The number of nitrogens with one attached hydrogen (secondary N) is 2. The van der Waals surface area contributed by atoms with Gasteiger partial charge in [0, 0.05) is 53.5 Å². The fraction of sp³-hybridized carbons (Fsp3) is 0.200. The molecule has 37 heavy (non-hydrogen) atoms. The first-order valence-electron chi connectivity index (χ1n) is 12.0. The van der Waals surface area contributed by atoms with Gasteiger partial charge in [0.2, 0.25) is 5.92 Å². The maximum Gasteiger partial charge on any atom is 0.255 e. The molecule has 0 atom stereocenters. The molecular formula is C30H26F2N2O3. The van der Waals surface area contributed by atoms with Crippen molar-refractivity contribution >= 4 is 33.6 Å². The van der Waals surface area contributed by atoms with E-state index in [1.165, 1.54) is 0 Å². The van der Waals surface area contributed by atoms with Crippen molar-refractivity contribution in [1.29, 1.82) is 0 Å². The lowest BCUT2D eigenvalue weighted by atomic mass is 9.95. The van der Waals surface area contributed by atoms with Gasteiger partial charge in [-0.05, 0) is 37.6 Å². The number of aromatic amines is 1. The standard InChI is InChI=1S/C30H26F2N2O3/c1-17-7-9-18(10-8-17)27-25(29(36)33-3)23-16-22(26-21(12-14-34-26)28(23)37-27)19-5-4-6-20(15-19)24(35)11-13-30(2,31)32/h4-10,12,14-16,34H,11,13H2,1-3H3,(H,33,36). The summed E-state index contributed by atoms with van der Waals surface area (Å²) in [4.78, 5) is 29.0. The molecule has 0 saturated heterocycles. The quantitative estimate of drug-likeness (QED) is 0.227. The summed E-state index contributed by atoms with van der Waals surface area (Å²) >= 11 is 0. The Bertz CT molecular complexity index is 1640. The average molecular weight is 501 g/mol. The van der Waals surface area contributed by atoms with E-state index in [2.05, 4.69) is 10.3 Å². The molecule has 2 N–H and O–H groups in total. The van der Waals surface area contributed by atoms with Crippen LogP contribution in [0.3, 0.4) is 0 Å². The lowest BCUT2D eigenvalue weighted by Gasteiger charge is -2.10. The number of Topliss-reactive ketones (excluding diaryl/α,β-unsaturated/α-hetero) is 1. The zero-order valence-corrected chi connectivity index (χ0v) is 20.7. The molecule has 2 aromatic heterocycles. The summed E-state index contributed by atoms with van der Waals surface area (Å²) in [6, 6.07) is 18.5. The van der Waals surface area contributed by atoms with Crippen molar-refractivity contribution in [2.45, 2.75) is 32.6 Å². The number of ketones is 1. The summed E-state index contributed by atoms with van der Waals surface area (Å²) in [6.45, 7) is 2.80. The van der Waals surface area contributed by atoms with Gasteiger partial charge in [0.25, 0.3) is 5.91 Å². The molecule has 5 nitrogen and oxygen atoms in total. The van der Waals surface area contributed by atoms with Crippen molar-refractivity contribution in [3.8, 4) is 22.5 Å². The van der Waals surface area contributed by atoms with Crippen LogP contribution in [-0.4, -0.2) is 29.6 Å². The second kappa shape index (κ2) is 9.32. The highest BCUT2D eigenvalue weighted by molar-refractivity contribution is 6.19. The largest absolute Gasteiger partial charge is 0.454 e. The number of hydrogen-bond donors (Lipinski definition) is 2. The highest BCUT2D eigenvalue weighted by Gasteiger charge is 2.25. The van der Waals surface area contributed by atoms with Crippen LogP contribution in [0.4, 0.5) is 8.78 Å². The molecule has 5 rings (SSSR count). The molecule has 188 valence electrons. The molecule has 0 radical (unpaired) electrons. The van der Waals surface area contributed by atoms with Crippen LogP contribution in [0.25, 0.3) is 44.3 Å². The van der Waals surface area contributed by atoms with E-state index in [1.54, 1.807) is 31.4 Å². The van der Waals surface area contributed by atoms with Crippen LogP contribution in [0.1, 0.15) is 46.0 Å². The highest BCUT2D eigenvalue weighted by Crippen LogP contribution is 2.41. The fourth-order valence-electron chi connectivity index (χ4n) is 4.60. The Hall–Kier alpha value is -4.26. The van der Waals surface area contributed by atoms with Crippen LogP contribution in [0, 0.1) is 6.92 Å². The van der Waals surface area contributed by atoms with Gasteiger partial charge in [0.15, 0.2) is 5.78 Å². The van der Waals surface area contributed by atoms with Crippen molar-refractivity contribution < 1.29 is 22.8 Å². The smallest absolute Gasteiger partial charge is 0.255 e. The number of amides is 1. The molecule has 0 bridgehead atoms. The second-order valence-corrected chi connectivity index (χ2v) is 9.39. The van der Waals surface area contributed by atoms with Crippen LogP contribution in [0.2, 0.25) is 0 Å². The Morgan fingerprint density at radius 3 is 2.46 bits per heavy atom. The fourth-order valence-corrected chi connectivity index (χ4v) is 4.60. The van der Waals surface area contributed by atoms with E-state index in [4.69, 9.17) is 4.42 Å². The number of alkyl halides is 2. The molecule has 2 heterocycles. The molecule has 3 aromatic carbocycles. The van der Waals surface area contributed by atoms with Gasteiger partial charge in [-0.3, -0.25) is 9.59 Å². The van der Waals surface area contributed by atoms with Crippen molar-refractivity contribution in [2.24, 2.45) is 0 Å². The second-order valence-electron chi connectivity index (χ2n) is 9.39. The maximum absolute atomic E-state index is 13.3. The Labute approximate surface area is 212 Å². The third kappa shape index (κ3) is 4.65. The van der Waals surface area contributed by atoms with E-state index in [1.807, 2.05) is 49.4 Å². The van der Waals surface area contributed by atoms with Crippen LogP contribution in [0.5, 0.6) is 0 Å². The normalized spacial score (nSPS) is 11.8. The number of hydrogen-bond acceptors (Lipinski definition) is 3. The first-order chi connectivity index (χ1) is 17.7. The van der Waals surface area contributed by atoms with E-state index >= 15 is 0 Å². The van der Waals surface area contributed by atoms with Crippen LogP contribution in [0.15, 0.2) is 71.3 Å². The summed E-state index contributed by atoms with van der Waals surface area (Å²) < 4.78 is 32.9. The Morgan fingerprint density at radius 2 is 1.76 bits per heavy atom. The van der Waals surface area contributed by atoms with Crippen LogP contribution < -0.4 is 5.32 Å². The number of furan rings is 1. The zero-order valence-electron chi connectivity index (χ0n) is 20.7. The molecule has 0 aliphatic heterocycles. The molecular weight excluding hydrogens is 474 g/mol. The van der Waals surface area contributed by atoms with E-state index in [-0.39, 0.29) is 18.1 Å². The summed E-state index contributed by atoms with van der Waals surface area (Å²) in [6.07, 6.45) is 1.04. The molecule has 0 fully saturated rings. The van der Waals surface area contributed by atoms with Gasteiger partial charge in [-0.1, -0.05) is 48.0 Å². The third-order valence-corrected chi connectivity index (χ3v) is 6.55. The minimum atomic E-state index is -2.90. The Morgan fingerprint density at radius 1 is 1.00 bits per heavy atom. The van der Waals surface area contributed by atoms with Crippen LogP contribution >= 0.6 is 0 Å². The number of aryl methyl sites for hydroxylation is 1. The molecule has 0 saturated carbocycles. The van der Waals surface area contributed by atoms with Gasteiger partial charge >= 0.3 is 0 Å². The molecule has 0 aliphatic carbocycles. The van der Waals surface area contributed by atoms with E-state index in [0.29, 0.717) is 27.9 Å². The highest BCUT2D eigenvalue weighted by atomic mass is 19.3. The third-order valence-electron chi connectivity index (χ3n) is 6.55. The van der Waals surface area contributed by atoms with E-state index in [0.717, 1.165) is 40.1 Å². The number of carbonyl (C=O) groups excluding carboxylic acids is 2. The summed E-state index contributed by atoms with van der Waals surface area (Å²) in [5.74, 6) is -3.05. The molecule has 7 heteroatoms. The zero-order chi connectivity index (χ0) is 26.3. The minimum Gasteiger partial charge on any atom is -0.454 e. The van der Waals surface area contributed by atoms with Gasteiger partial charge in [-0.2, -0.15) is 0 Å². The first kappa shape index (κ1) is 24.4. The Balaban J connectivity index is 1.69. The molecule has 5 aromatic rings. The molecule has 0 unspecified atom stereocenters. The topological polar surface area (TPSA) is 75.1 Å². The van der Waals surface area contributed by atoms with Crippen LogP contribution in [-0.2, 0) is 0 Å². The van der Waals surface area contributed by atoms with E-state index < -0.39 is 12.3 Å². The van der Waals surface area contributed by atoms with E-state index in [9.17, 15) is 18.4 Å². The van der Waals surface area contributed by atoms with Gasteiger partial charge in [0.05, 0.1) is 11.1 Å². The number of carbonyl (C=O) groups is 2. The molecule has 1 amide bonds. The lowest BCUT2D eigenvalue weighted by molar-refractivity contribution is 0.0113. The average Bonchev–Trinajstić information content (AvgIpc) is 3.51. The molecule has 0 spiro atoms.